The minimum Gasteiger partial charge on any atom is -0.444 e. The summed E-state index contributed by atoms with van der Waals surface area (Å²) in [5, 5.41) is 20.3. The van der Waals surface area contributed by atoms with Crippen molar-refractivity contribution in [2.24, 2.45) is 5.41 Å². The smallest absolute Gasteiger partial charge is 0.408 e. The van der Waals surface area contributed by atoms with E-state index < -0.39 is 53.3 Å². The molecule has 10 nitrogen and oxygen atoms in total. The largest absolute Gasteiger partial charge is 0.444 e. The van der Waals surface area contributed by atoms with Crippen molar-refractivity contribution < 1.29 is 29.0 Å². The van der Waals surface area contributed by atoms with Crippen LogP contribution in [0.5, 0.6) is 0 Å². The van der Waals surface area contributed by atoms with Crippen LogP contribution in [0.3, 0.4) is 0 Å². The number of ether oxygens (including phenoxy) is 2. The van der Waals surface area contributed by atoms with Crippen molar-refractivity contribution in [1.29, 1.82) is 0 Å². The van der Waals surface area contributed by atoms with E-state index in [4.69, 9.17) is 9.47 Å². The van der Waals surface area contributed by atoms with Crippen LogP contribution in [0.1, 0.15) is 64.0 Å². The van der Waals surface area contributed by atoms with Crippen molar-refractivity contribution in [1.82, 2.24) is 20.9 Å². The van der Waals surface area contributed by atoms with Crippen LogP contribution >= 0.6 is 11.3 Å². The van der Waals surface area contributed by atoms with Crippen molar-refractivity contribution >= 4 is 29.4 Å². The summed E-state index contributed by atoms with van der Waals surface area (Å²) in [6.07, 6.45) is 0.139. The molecule has 1 heterocycles. The highest BCUT2D eigenvalue weighted by Gasteiger charge is 2.36. The lowest BCUT2D eigenvalue weighted by molar-refractivity contribution is -0.127. The van der Waals surface area contributed by atoms with Gasteiger partial charge in [-0.3, -0.25) is 9.78 Å². The summed E-state index contributed by atoms with van der Waals surface area (Å²) in [7, 11) is 0. The number of amides is 3. The zero-order chi connectivity index (χ0) is 33.0. The van der Waals surface area contributed by atoms with Gasteiger partial charge >= 0.3 is 12.2 Å². The highest BCUT2D eigenvalue weighted by Crippen LogP contribution is 2.22. The first kappa shape index (κ1) is 35.5. The molecular formula is C34H46N4O6S. The Morgan fingerprint density at radius 2 is 1.44 bits per heavy atom. The monoisotopic (exact) mass is 638 g/mol. The molecule has 45 heavy (non-hydrogen) atoms. The summed E-state index contributed by atoms with van der Waals surface area (Å²) in [5.41, 5.74) is 2.16. The molecule has 0 bridgehead atoms. The molecule has 1 aromatic heterocycles. The second-order valence-electron chi connectivity index (χ2n) is 13.1. The Morgan fingerprint density at radius 1 is 0.844 bits per heavy atom. The van der Waals surface area contributed by atoms with Gasteiger partial charge in [-0.1, -0.05) is 81.4 Å². The van der Waals surface area contributed by atoms with Crippen LogP contribution in [0.4, 0.5) is 9.59 Å². The number of aromatic nitrogens is 1. The second-order valence-corrected chi connectivity index (χ2v) is 14.1. The van der Waals surface area contributed by atoms with Crippen molar-refractivity contribution in [3.63, 3.8) is 0 Å². The number of nitrogens with zero attached hydrogens (tertiary/aromatic N) is 1. The zero-order valence-electron chi connectivity index (χ0n) is 26.9. The molecule has 3 unspecified atom stereocenters. The number of aliphatic hydroxyl groups excluding tert-OH is 1. The summed E-state index contributed by atoms with van der Waals surface area (Å²) in [6.45, 7) is 10.9. The van der Waals surface area contributed by atoms with E-state index in [-0.39, 0.29) is 13.0 Å². The predicted molar refractivity (Wildman–Crippen MR) is 175 cm³/mol. The molecule has 0 saturated carbocycles. The molecule has 0 saturated heterocycles. The summed E-state index contributed by atoms with van der Waals surface area (Å²) in [5.74, 6) is -0.461. The number of benzene rings is 2. The maximum absolute atomic E-state index is 13.8. The van der Waals surface area contributed by atoms with Gasteiger partial charge in [0.2, 0.25) is 5.91 Å². The van der Waals surface area contributed by atoms with Crippen LogP contribution in [0.2, 0.25) is 0 Å². The standard InChI is InChI=1S/C34H46N4O6S/c1-33(2,3)29(38-31(41)43-21-26-20-35-22-45-26)30(40)37-27(18-24-15-11-8-12-16-24)28(39)19-25(17-23-13-9-7-10-14-23)36-32(42)44-34(4,5)6/h7-16,20,22,25,27-29,39H,17-19,21H2,1-6H3,(H,36,42)(H,37,40)(H,38,41)/t25?,27?,28?,29-/m1/s1. The van der Waals surface area contributed by atoms with E-state index in [1.54, 1.807) is 32.5 Å². The summed E-state index contributed by atoms with van der Waals surface area (Å²) < 4.78 is 10.8. The van der Waals surface area contributed by atoms with E-state index in [2.05, 4.69) is 20.9 Å². The van der Waals surface area contributed by atoms with Gasteiger partial charge in [-0.05, 0) is 56.6 Å². The summed E-state index contributed by atoms with van der Waals surface area (Å²) in [6, 6.07) is 17.0. The number of nitrogens with one attached hydrogen (secondary N) is 3. The van der Waals surface area contributed by atoms with Crippen LogP contribution in [-0.4, -0.2) is 58.0 Å². The van der Waals surface area contributed by atoms with Gasteiger partial charge in [0.05, 0.1) is 22.5 Å². The SMILES string of the molecule is CC(C)(C)OC(=O)NC(Cc1ccccc1)CC(O)C(Cc1ccccc1)NC(=O)[C@@H](NC(=O)OCc1cncs1)C(C)(C)C. The topological polar surface area (TPSA) is 139 Å². The van der Waals surface area contributed by atoms with Gasteiger partial charge in [-0.15, -0.1) is 11.3 Å². The highest BCUT2D eigenvalue weighted by molar-refractivity contribution is 7.09. The van der Waals surface area contributed by atoms with Gasteiger partial charge in [0.1, 0.15) is 18.2 Å². The molecule has 4 N–H and O–H groups in total. The molecule has 244 valence electrons. The summed E-state index contributed by atoms with van der Waals surface area (Å²) in [4.78, 5) is 44.0. The lowest BCUT2D eigenvalue weighted by atomic mass is 9.85. The van der Waals surface area contributed by atoms with Gasteiger partial charge in [0, 0.05) is 12.2 Å². The zero-order valence-corrected chi connectivity index (χ0v) is 27.7. The Bertz CT molecular complexity index is 1340. The fourth-order valence-electron chi connectivity index (χ4n) is 4.72. The molecule has 0 aliphatic heterocycles. The number of carbonyl (C=O) groups excluding carboxylic acids is 3. The molecule has 4 atom stereocenters. The Morgan fingerprint density at radius 3 is 1.98 bits per heavy atom. The number of hydrogen-bond donors (Lipinski definition) is 4. The molecular weight excluding hydrogens is 592 g/mol. The molecule has 11 heteroatoms. The summed E-state index contributed by atoms with van der Waals surface area (Å²) >= 11 is 1.36. The molecule has 0 aliphatic carbocycles. The number of carbonyl (C=O) groups is 3. The van der Waals surface area contributed by atoms with Crippen LogP contribution in [0, 0.1) is 5.41 Å². The van der Waals surface area contributed by atoms with Gasteiger partial charge in [0.25, 0.3) is 0 Å². The molecule has 0 aliphatic rings. The van der Waals surface area contributed by atoms with E-state index in [1.807, 2.05) is 81.4 Å². The normalized spacial score (nSPS) is 14.4. The van der Waals surface area contributed by atoms with E-state index >= 15 is 0 Å². The first-order valence-electron chi connectivity index (χ1n) is 15.1. The van der Waals surface area contributed by atoms with Crippen molar-refractivity contribution in [3.05, 3.63) is 88.4 Å². The quantitative estimate of drug-likeness (QED) is 0.197. The van der Waals surface area contributed by atoms with Gasteiger partial charge < -0.3 is 30.5 Å². The fourth-order valence-corrected chi connectivity index (χ4v) is 5.23. The second kappa shape index (κ2) is 16.4. The van der Waals surface area contributed by atoms with Gasteiger partial charge in [-0.2, -0.15) is 0 Å². The fraction of sp³-hybridized carbons (Fsp3) is 0.471. The maximum Gasteiger partial charge on any atom is 0.408 e. The third-order valence-corrected chi connectivity index (χ3v) is 7.63. The van der Waals surface area contributed by atoms with Crippen LogP contribution in [-0.2, 0) is 33.7 Å². The minimum atomic E-state index is -1.06. The lowest BCUT2D eigenvalue weighted by Gasteiger charge is -2.34. The van der Waals surface area contributed by atoms with Gasteiger partial charge in [-0.25, -0.2) is 9.59 Å². The average molecular weight is 639 g/mol. The number of rotatable bonds is 13. The third kappa shape index (κ3) is 12.9. The first-order chi connectivity index (χ1) is 21.2. The van der Waals surface area contributed by atoms with E-state index in [1.165, 1.54) is 11.3 Å². The lowest BCUT2D eigenvalue weighted by Crippen LogP contribution is -2.58. The predicted octanol–water partition coefficient (Wildman–Crippen LogP) is 5.40. The third-order valence-electron chi connectivity index (χ3n) is 6.88. The number of thiazole rings is 1. The van der Waals surface area contributed by atoms with E-state index in [0.29, 0.717) is 12.8 Å². The first-order valence-corrected chi connectivity index (χ1v) is 15.9. The van der Waals surface area contributed by atoms with E-state index in [0.717, 1.165) is 16.0 Å². The van der Waals surface area contributed by atoms with Crippen LogP contribution in [0.15, 0.2) is 72.4 Å². The van der Waals surface area contributed by atoms with Gasteiger partial charge in [0.15, 0.2) is 0 Å². The molecule has 3 rings (SSSR count). The minimum absolute atomic E-state index is 0.0395. The Balaban J connectivity index is 1.79. The molecule has 0 fully saturated rings. The number of aliphatic hydroxyl groups is 1. The van der Waals surface area contributed by atoms with E-state index in [9.17, 15) is 19.5 Å². The molecule has 3 aromatic rings. The number of hydrogen-bond acceptors (Lipinski definition) is 8. The Hall–Kier alpha value is -3.96. The molecule has 2 aromatic carbocycles. The van der Waals surface area contributed by atoms with Crippen molar-refractivity contribution in [3.8, 4) is 0 Å². The van der Waals surface area contributed by atoms with Crippen LogP contribution < -0.4 is 16.0 Å². The maximum atomic E-state index is 13.8. The Labute approximate surface area is 269 Å². The average Bonchev–Trinajstić information content (AvgIpc) is 3.47. The number of alkyl carbamates (subject to hydrolysis) is 2. The Kier molecular flexibility index (Phi) is 12.9. The van der Waals surface area contributed by atoms with Crippen molar-refractivity contribution in [2.75, 3.05) is 0 Å². The van der Waals surface area contributed by atoms with Crippen LogP contribution in [0.25, 0.3) is 0 Å². The molecule has 0 spiro atoms. The molecule has 3 amide bonds. The molecule has 0 radical (unpaired) electrons. The van der Waals surface area contributed by atoms with Crippen molar-refractivity contribution in [2.45, 2.75) is 97.2 Å². The highest BCUT2D eigenvalue weighted by atomic mass is 32.1.